The summed E-state index contributed by atoms with van der Waals surface area (Å²) in [5.74, 6) is 0. The van der Waals surface area contributed by atoms with Crippen LogP contribution in [0.25, 0.3) is 0 Å². The monoisotopic (exact) mass is 283 g/mol. The molecule has 0 saturated carbocycles. The maximum atomic E-state index is 4.55. The highest BCUT2D eigenvalue weighted by molar-refractivity contribution is 9.10. The molecule has 1 nitrogen and oxygen atoms in total. The largest absolute Gasteiger partial charge is 0.242 e. The lowest BCUT2D eigenvalue weighted by Crippen LogP contribution is -1.86. The number of aliphatic imine (C=N–C) groups is 1. The van der Waals surface area contributed by atoms with Gasteiger partial charge in [0.2, 0.25) is 0 Å². The third-order valence-corrected chi connectivity index (χ3v) is 3.21. The predicted octanol–water partition coefficient (Wildman–Crippen LogP) is 4.59. The fourth-order valence-corrected chi connectivity index (χ4v) is 2.00. The summed E-state index contributed by atoms with van der Waals surface area (Å²) >= 11 is 5.07. The van der Waals surface area contributed by atoms with Crippen LogP contribution in [0.3, 0.4) is 0 Å². The summed E-state index contributed by atoms with van der Waals surface area (Å²) in [6.45, 7) is 5.87. The minimum atomic E-state index is 0.951. The van der Waals surface area contributed by atoms with Gasteiger partial charge in [-0.3, -0.25) is 0 Å². The minimum absolute atomic E-state index is 0.951. The molecule has 0 radical (unpaired) electrons. The van der Waals surface area contributed by atoms with E-state index in [1.165, 1.54) is 5.56 Å². The molecule has 0 heterocycles. The van der Waals surface area contributed by atoms with Gasteiger partial charge in [-0.05, 0) is 42.5 Å². The van der Waals surface area contributed by atoms with Gasteiger partial charge in [0, 0.05) is 4.47 Å². The van der Waals surface area contributed by atoms with E-state index in [2.05, 4.69) is 40.5 Å². The molecule has 0 atom stereocenters. The van der Waals surface area contributed by atoms with Gasteiger partial charge in [-0.2, -0.15) is 0 Å². The molecule has 0 N–H and O–H groups in total. The van der Waals surface area contributed by atoms with Crippen LogP contribution in [-0.4, -0.2) is 11.3 Å². The van der Waals surface area contributed by atoms with Crippen LogP contribution in [-0.2, 0) is 6.42 Å². The maximum absolute atomic E-state index is 4.55. The highest BCUT2D eigenvalue weighted by Crippen LogP contribution is 2.25. The van der Waals surface area contributed by atoms with E-state index in [1.807, 2.05) is 18.4 Å². The summed E-state index contributed by atoms with van der Waals surface area (Å²) in [7, 11) is 0. The van der Waals surface area contributed by atoms with Crippen molar-refractivity contribution in [3.63, 3.8) is 0 Å². The van der Waals surface area contributed by atoms with Crippen LogP contribution in [0.15, 0.2) is 40.3 Å². The standard InChI is InChI=1S/C12H14BrNS/c1-4-9-8-10(13)6-7-11(9)14-12(5-2)15-3/h5-8H,2,4H2,1,3H3. The lowest BCUT2D eigenvalue weighted by molar-refractivity contribution is 1.13. The fourth-order valence-electron chi connectivity index (χ4n) is 1.24. The third-order valence-electron chi connectivity index (χ3n) is 2.04. The Balaban J connectivity index is 3.13. The van der Waals surface area contributed by atoms with Crippen molar-refractivity contribution in [1.29, 1.82) is 0 Å². The number of thioether (sulfide) groups is 1. The molecule has 0 amide bonds. The number of hydrogen-bond acceptors (Lipinski definition) is 2. The molecule has 1 aromatic rings. The van der Waals surface area contributed by atoms with Crippen LogP contribution >= 0.6 is 27.7 Å². The van der Waals surface area contributed by atoms with E-state index in [4.69, 9.17) is 0 Å². The van der Waals surface area contributed by atoms with E-state index in [0.29, 0.717) is 0 Å². The summed E-state index contributed by atoms with van der Waals surface area (Å²) < 4.78 is 1.10. The van der Waals surface area contributed by atoms with E-state index in [1.54, 1.807) is 17.8 Å². The summed E-state index contributed by atoms with van der Waals surface area (Å²) in [5, 5.41) is 0.951. The van der Waals surface area contributed by atoms with Crippen LogP contribution in [0.1, 0.15) is 12.5 Å². The number of benzene rings is 1. The van der Waals surface area contributed by atoms with E-state index < -0.39 is 0 Å². The first-order valence-electron chi connectivity index (χ1n) is 4.74. The van der Waals surface area contributed by atoms with Crippen molar-refractivity contribution < 1.29 is 0 Å². The van der Waals surface area contributed by atoms with Gasteiger partial charge >= 0.3 is 0 Å². The molecule has 1 aromatic carbocycles. The number of nitrogens with zero attached hydrogens (tertiary/aromatic N) is 1. The molecule has 80 valence electrons. The van der Waals surface area contributed by atoms with Gasteiger partial charge in [0.15, 0.2) is 0 Å². The Hall–Kier alpha value is -0.540. The number of halogens is 1. The highest BCUT2D eigenvalue weighted by Gasteiger charge is 2.01. The van der Waals surface area contributed by atoms with Crippen molar-refractivity contribution in [2.45, 2.75) is 13.3 Å². The van der Waals surface area contributed by atoms with Crippen molar-refractivity contribution in [2.24, 2.45) is 4.99 Å². The molecule has 1 rings (SSSR count). The smallest absolute Gasteiger partial charge is 0.0958 e. The summed E-state index contributed by atoms with van der Waals surface area (Å²) in [6, 6.07) is 6.15. The Morgan fingerprint density at radius 1 is 1.60 bits per heavy atom. The molecule has 3 heteroatoms. The molecule has 0 aliphatic heterocycles. The Morgan fingerprint density at radius 2 is 2.33 bits per heavy atom. The Bertz CT molecular complexity index is 385. The van der Waals surface area contributed by atoms with Crippen molar-refractivity contribution in [3.05, 3.63) is 40.9 Å². The van der Waals surface area contributed by atoms with Crippen LogP contribution in [0, 0.1) is 0 Å². The summed E-state index contributed by atoms with van der Waals surface area (Å²) in [6.07, 6.45) is 4.77. The molecule has 0 saturated heterocycles. The van der Waals surface area contributed by atoms with Gasteiger partial charge in [-0.15, -0.1) is 11.8 Å². The quantitative estimate of drug-likeness (QED) is 0.584. The topological polar surface area (TPSA) is 12.4 Å². The Morgan fingerprint density at radius 3 is 2.87 bits per heavy atom. The van der Waals surface area contributed by atoms with Gasteiger partial charge in [-0.1, -0.05) is 29.4 Å². The second-order valence-corrected chi connectivity index (χ2v) is 4.73. The van der Waals surface area contributed by atoms with Gasteiger partial charge in [0.1, 0.15) is 0 Å². The first-order valence-corrected chi connectivity index (χ1v) is 6.76. The molecule has 15 heavy (non-hydrogen) atoms. The van der Waals surface area contributed by atoms with Crippen LogP contribution in [0.4, 0.5) is 5.69 Å². The molecule has 0 spiro atoms. The average Bonchev–Trinajstić information content (AvgIpc) is 2.27. The summed E-state index contributed by atoms with van der Waals surface area (Å²) in [4.78, 5) is 4.55. The zero-order valence-electron chi connectivity index (χ0n) is 8.96. The van der Waals surface area contributed by atoms with Gasteiger partial charge < -0.3 is 0 Å². The molecule has 0 unspecified atom stereocenters. The van der Waals surface area contributed by atoms with Gasteiger partial charge in [0.05, 0.1) is 10.7 Å². The lowest BCUT2D eigenvalue weighted by atomic mass is 10.1. The van der Waals surface area contributed by atoms with Crippen LogP contribution < -0.4 is 0 Å². The second-order valence-electron chi connectivity index (χ2n) is 2.98. The highest BCUT2D eigenvalue weighted by atomic mass is 79.9. The zero-order valence-corrected chi connectivity index (χ0v) is 11.4. The average molecular weight is 284 g/mol. The molecule has 0 aliphatic carbocycles. The number of aryl methyl sites for hydroxylation is 1. The first-order chi connectivity index (χ1) is 7.21. The number of hydrogen-bond donors (Lipinski definition) is 0. The SMILES string of the molecule is C=CC(=Nc1ccc(Br)cc1CC)SC. The van der Waals surface area contributed by atoms with E-state index in [0.717, 1.165) is 21.6 Å². The second kappa shape index (κ2) is 6.13. The molecule has 0 aliphatic rings. The zero-order chi connectivity index (χ0) is 11.3. The normalized spacial score (nSPS) is 11.5. The van der Waals surface area contributed by atoms with Crippen molar-refractivity contribution in [2.75, 3.05) is 6.26 Å². The van der Waals surface area contributed by atoms with Crippen LogP contribution in [0.2, 0.25) is 0 Å². The van der Waals surface area contributed by atoms with Crippen LogP contribution in [0.5, 0.6) is 0 Å². The van der Waals surface area contributed by atoms with E-state index in [-0.39, 0.29) is 0 Å². The van der Waals surface area contributed by atoms with Crippen molar-refractivity contribution in [1.82, 2.24) is 0 Å². The lowest BCUT2D eigenvalue weighted by Gasteiger charge is -2.04. The summed E-state index contributed by atoms with van der Waals surface area (Å²) in [5.41, 5.74) is 2.28. The molecule has 0 fully saturated rings. The van der Waals surface area contributed by atoms with E-state index >= 15 is 0 Å². The molecular formula is C12H14BrNS. The van der Waals surface area contributed by atoms with Crippen molar-refractivity contribution >= 4 is 38.4 Å². The first kappa shape index (κ1) is 12.5. The fraction of sp³-hybridized carbons (Fsp3) is 0.250. The number of rotatable bonds is 3. The van der Waals surface area contributed by atoms with Gasteiger partial charge in [0.25, 0.3) is 0 Å². The van der Waals surface area contributed by atoms with E-state index in [9.17, 15) is 0 Å². The van der Waals surface area contributed by atoms with Gasteiger partial charge in [-0.25, -0.2) is 4.99 Å². The predicted molar refractivity (Wildman–Crippen MR) is 74.3 cm³/mol. The maximum Gasteiger partial charge on any atom is 0.0958 e. The Labute approximate surface area is 104 Å². The molecular weight excluding hydrogens is 270 g/mol. The Kier molecular flexibility index (Phi) is 5.12. The third kappa shape index (κ3) is 3.50. The minimum Gasteiger partial charge on any atom is -0.242 e. The molecule has 0 aromatic heterocycles. The molecule has 0 bridgehead atoms. The van der Waals surface area contributed by atoms with Crippen molar-refractivity contribution in [3.8, 4) is 0 Å².